The van der Waals surface area contributed by atoms with Gasteiger partial charge >= 0.3 is 0 Å². The smallest absolute Gasteiger partial charge is 0.193 e. The quantitative estimate of drug-likeness (QED) is 0.929. The third kappa shape index (κ3) is 2.01. The molecule has 3 nitrogen and oxygen atoms in total. The van der Waals surface area contributed by atoms with Gasteiger partial charge in [-0.1, -0.05) is 6.42 Å². The van der Waals surface area contributed by atoms with Crippen LogP contribution in [0.5, 0.6) is 0 Å². The molecule has 102 valence electrons. The first-order valence-corrected chi connectivity index (χ1v) is 8.30. The zero-order valence-corrected chi connectivity index (χ0v) is 12.2. The van der Waals surface area contributed by atoms with E-state index in [9.17, 15) is 0 Å². The molecular weight excluding hydrogens is 254 g/mol. The first-order valence-electron chi connectivity index (χ1n) is 7.42. The van der Waals surface area contributed by atoms with E-state index in [0.29, 0.717) is 6.04 Å². The monoisotopic (exact) mass is 275 g/mol. The van der Waals surface area contributed by atoms with Gasteiger partial charge in [-0.05, 0) is 44.1 Å². The van der Waals surface area contributed by atoms with Gasteiger partial charge in [-0.15, -0.1) is 11.3 Å². The summed E-state index contributed by atoms with van der Waals surface area (Å²) in [6.45, 7) is 0. The van der Waals surface area contributed by atoms with E-state index < -0.39 is 0 Å². The molecule has 19 heavy (non-hydrogen) atoms. The molecule has 4 atom stereocenters. The van der Waals surface area contributed by atoms with Crippen LogP contribution in [0.15, 0.2) is 17.8 Å². The summed E-state index contributed by atoms with van der Waals surface area (Å²) in [5.41, 5.74) is 1.24. The van der Waals surface area contributed by atoms with E-state index in [2.05, 4.69) is 34.5 Å². The van der Waals surface area contributed by atoms with Crippen molar-refractivity contribution in [1.82, 2.24) is 14.7 Å². The van der Waals surface area contributed by atoms with Crippen molar-refractivity contribution >= 4 is 16.3 Å². The Morgan fingerprint density at radius 3 is 3.11 bits per heavy atom. The molecule has 2 aliphatic rings. The molecular formula is C15H21N3S. The van der Waals surface area contributed by atoms with Gasteiger partial charge in [0.15, 0.2) is 4.96 Å². The van der Waals surface area contributed by atoms with Crippen LogP contribution in [0, 0.1) is 17.8 Å². The van der Waals surface area contributed by atoms with Crippen LogP contribution in [-0.4, -0.2) is 22.5 Å². The molecule has 2 aliphatic carbocycles. The Hall–Kier alpha value is -0.870. The Morgan fingerprint density at radius 2 is 2.42 bits per heavy atom. The molecule has 2 bridgehead atoms. The highest BCUT2D eigenvalue weighted by Gasteiger charge is 2.42. The summed E-state index contributed by atoms with van der Waals surface area (Å²) in [6.07, 6.45) is 11.3. The summed E-state index contributed by atoms with van der Waals surface area (Å²) in [5.74, 6) is 2.88. The molecule has 2 aromatic heterocycles. The predicted octanol–water partition coefficient (Wildman–Crippen LogP) is 2.96. The summed E-state index contributed by atoms with van der Waals surface area (Å²) in [7, 11) is 2.12. The van der Waals surface area contributed by atoms with E-state index in [4.69, 9.17) is 4.98 Å². The summed E-state index contributed by atoms with van der Waals surface area (Å²) in [5, 5.41) is 5.66. The van der Waals surface area contributed by atoms with Crippen LogP contribution in [0.3, 0.4) is 0 Å². The third-order valence-corrected chi connectivity index (χ3v) is 6.02. The normalized spacial score (nSPS) is 31.3. The van der Waals surface area contributed by atoms with Crippen molar-refractivity contribution in [2.45, 2.75) is 38.1 Å². The number of likely N-dealkylation sites (N-methyl/N-ethyl adjacent to an activating group) is 1. The van der Waals surface area contributed by atoms with Crippen LogP contribution >= 0.6 is 11.3 Å². The predicted molar refractivity (Wildman–Crippen MR) is 78.6 cm³/mol. The Labute approximate surface area is 118 Å². The fraction of sp³-hybridized carbons (Fsp3) is 0.667. The minimum atomic E-state index is 0.611. The number of nitrogens with one attached hydrogen (secondary N) is 1. The molecule has 1 N–H and O–H groups in total. The van der Waals surface area contributed by atoms with Crippen molar-refractivity contribution in [3.05, 3.63) is 23.5 Å². The van der Waals surface area contributed by atoms with E-state index >= 15 is 0 Å². The molecule has 0 saturated heterocycles. The minimum Gasteiger partial charge on any atom is -0.316 e. The number of fused-ring (bicyclic) bond motifs is 3. The molecule has 2 aromatic rings. The minimum absolute atomic E-state index is 0.611. The number of thiazole rings is 1. The average molecular weight is 275 g/mol. The second-order valence-electron chi connectivity index (χ2n) is 6.26. The van der Waals surface area contributed by atoms with Gasteiger partial charge in [0.2, 0.25) is 0 Å². The van der Waals surface area contributed by atoms with E-state index in [0.717, 1.165) is 29.1 Å². The summed E-state index contributed by atoms with van der Waals surface area (Å²) >= 11 is 1.72. The van der Waals surface area contributed by atoms with Gasteiger partial charge in [0.25, 0.3) is 0 Å². The second-order valence-corrected chi connectivity index (χ2v) is 7.14. The lowest BCUT2D eigenvalue weighted by Crippen LogP contribution is -2.38. The standard InChI is InChI=1S/C15H21N3S/c1-16-14(13-7-10-2-3-11(13)6-10)8-12-9-18-4-5-19-15(18)17-12/h4-5,9-11,13-14,16H,2-3,6-8H2,1H3. The maximum atomic E-state index is 4.74. The zero-order chi connectivity index (χ0) is 12.8. The lowest BCUT2D eigenvalue weighted by atomic mass is 9.81. The van der Waals surface area contributed by atoms with Crippen molar-refractivity contribution < 1.29 is 0 Å². The highest BCUT2D eigenvalue weighted by Crippen LogP contribution is 2.49. The van der Waals surface area contributed by atoms with Gasteiger partial charge in [0, 0.05) is 30.2 Å². The number of nitrogens with zero attached hydrogens (tertiary/aromatic N) is 2. The molecule has 2 heterocycles. The lowest BCUT2D eigenvalue weighted by molar-refractivity contribution is 0.254. The van der Waals surface area contributed by atoms with Gasteiger partial charge in [0.05, 0.1) is 5.69 Å². The molecule has 4 rings (SSSR count). The molecule has 2 fully saturated rings. The van der Waals surface area contributed by atoms with E-state index in [1.807, 2.05) is 0 Å². The number of aromatic nitrogens is 2. The maximum absolute atomic E-state index is 4.74. The van der Waals surface area contributed by atoms with Gasteiger partial charge in [-0.25, -0.2) is 4.98 Å². The van der Waals surface area contributed by atoms with Crippen molar-refractivity contribution in [1.29, 1.82) is 0 Å². The van der Waals surface area contributed by atoms with E-state index in [1.165, 1.54) is 31.4 Å². The highest BCUT2D eigenvalue weighted by molar-refractivity contribution is 7.15. The lowest BCUT2D eigenvalue weighted by Gasteiger charge is -2.29. The molecule has 0 amide bonds. The van der Waals surface area contributed by atoms with E-state index in [-0.39, 0.29) is 0 Å². The molecule has 2 saturated carbocycles. The SMILES string of the molecule is CNC(Cc1cn2ccsc2n1)C1CC2CCC1C2. The topological polar surface area (TPSA) is 29.3 Å². The second kappa shape index (κ2) is 4.60. The number of hydrogen-bond acceptors (Lipinski definition) is 3. The van der Waals surface area contributed by atoms with Gasteiger partial charge in [-0.2, -0.15) is 0 Å². The fourth-order valence-corrected chi connectivity index (χ4v) is 5.07. The Balaban J connectivity index is 1.52. The summed E-state index contributed by atoms with van der Waals surface area (Å²) in [6, 6.07) is 0.611. The zero-order valence-electron chi connectivity index (χ0n) is 11.4. The van der Waals surface area contributed by atoms with E-state index in [1.54, 1.807) is 11.3 Å². The first kappa shape index (κ1) is 11.9. The van der Waals surface area contributed by atoms with Crippen LogP contribution in [-0.2, 0) is 6.42 Å². The van der Waals surface area contributed by atoms with Crippen LogP contribution in [0.4, 0.5) is 0 Å². The molecule has 4 heteroatoms. The van der Waals surface area contributed by atoms with Crippen molar-refractivity contribution in [3.63, 3.8) is 0 Å². The molecule has 4 unspecified atom stereocenters. The summed E-state index contributed by atoms with van der Waals surface area (Å²) in [4.78, 5) is 5.86. The Morgan fingerprint density at radius 1 is 1.47 bits per heavy atom. The highest BCUT2D eigenvalue weighted by atomic mass is 32.1. The Kier molecular flexibility index (Phi) is 2.88. The molecule has 0 aromatic carbocycles. The number of hydrogen-bond donors (Lipinski definition) is 1. The summed E-state index contributed by atoms with van der Waals surface area (Å²) < 4.78 is 2.15. The van der Waals surface area contributed by atoms with Crippen molar-refractivity contribution in [2.24, 2.45) is 17.8 Å². The molecule has 0 aliphatic heterocycles. The third-order valence-electron chi connectivity index (χ3n) is 5.25. The fourth-order valence-electron chi connectivity index (χ4n) is 4.35. The molecule has 0 spiro atoms. The van der Waals surface area contributed by atoms with Gasteiger partial charge in [0.1, 0.15) is 0 Å². The van der Waals surface area contributed by atoms with Crippen LogP contribution in [0.2, 0.25) is 0 Å². The average Bonchev–Trinajstić information content (AvgIpc) is 3.14. The van der Waals surface area contributed by atoms with Gasteiger partial charge in [-0.3, -0.25) is 4.40 Å². The Bertz CT molecular complexity index is 544. The van der Waals surface area contributed by atoms with Crippen LogP contribution in [0.25, 0.3) is 4.96 Å². The van der Waals surface area contributed by atoms with Crippen LogP contribution in [0.1, 0.15) is 31.4 Å². The number of rotatable bonds is 4. The maximum Gasteiger partial charge on any atom is 0.193 e. The van der Waals surface area contributed by atoms with Gasteiger partial charge < -0.3 is 5.32 Å². The molecule has 0 radical (unpaired) electrons. The first-order chi connectivity index (χ1) is 9.33. The van der Waals surface area contributed by atoms with Crippen LogP contribution < -0.4 is 5.32 Å². The van der Waals surface area contributed by atoms with Crippen molar-refractivity contribution in [2.75, 3.05) is 7.05 Å². The largest absolute Gasteiger partial charge is 0.316 e. The van der Waals surface area contributed by atoms with Crippen molar-refractivity contribution in [3.8, 4) is 0 Å². The number of imidazole rings is 1.